The molecule has 1 amide bonds. The number of amides is 1. The van der Waals surface area contributed by atoms with Crippen molar-refractivity contribution in [3.63, 3.8) is 0 Å². The summed E-state index contributed by atoms with van der Waals surface area (Å²) < 4.78 is 3.98. The van der Waals surface area contributed by atoms with Gasteiger partial charge in [0.2, 0.25) is 0 Å². The van der Waals surface area contributed by atoms with E-state index in [1.165, 1.54) is 5.56 Å². The van der Waals surface area contributed by atoms with Crippen molar-refractivity contribution in [2.45, 2.75) is 45.8 Å². The average Bonchev–Trinajstić information content (AvgIpc) is 3.48. The number of hydrogen-bond donors (Lipinski definition) is 1. The Morgan fingerprint density at radius 3 is 2.70 bits per heavy atom. The molecule has 33 heavy (non-hydrogen) atoms. The number of hydrogen-bond acceptors (Lipinski definition) is 4. The van der Waals surface area contributed by atoms with Crippen LogP contribution in [0.4, 0.5) is 0 Å². The molecule has 0 aliphatic rings. The lowest BCUT2D eigenvalue weighted by Crippen LogP contribution is -2.32. The Hall–Kier alpha value is -3.45. The van der Waals surface area contributed by atoms with Gasteiger partial charge in [0, 0.05) is 51.3 Å². The molecule has 1 unspecified atom stereocenters. The number of benzene rings is 1. The second kappa shape index (κ2) is 10.4. The molecule has 0 bridgehead atoms. The van der Waals surface area contributed by atoms with Crippen LogP contribution in [0.15, 0.2) is 67.1 Å². The molecule has 0 saturated heterocycles. The van der Waals surface area contributed by atoms with Gasteiger partial charge >= 0.3 is 0 Å². The normalized spacial score (nSPS) is 12.2. The van der Waals surface area contributed by atoms with Gasteiger partial charge in [-0.05, 0) is 49.9 Å². The molecule has 172 valence electrons. The van der Waals surface area contributed by atoms with Crippen LogP contribution >= 0.6 is 0 Å². The second-order valence-corrected chi connectivity index (χ2v) is 8.59. The van der Waals surface area contributed by atoms with Crippen molar-refractivity contribution in [2.24, 2.45) is 0 Å². The Balaban J connectivity index is 1.48. The Kier molecular flexibility index (Phi) is 7.19. The van der Waals surface area contributed by atoms with E-state index >= 15 is 0 Å². The van der Waals surface area contributed by atoms with Gasteiger partial charge in [-0.1, -0.05) is 36.4 Å². The first kappa shape index (κ1) is 22.7. The lowest BCUT2D eigenvalue weighted by atomic mass is 10.1. The smallest absolute Gasteiger partial charge is 0.274 e. The summed E-state index contributed by atoms with van der Waals surface area (Å²) in [5, 5.41) is 7.85. The summed E-state index contributed by atoms with van der Waals surface area (Å²) in [4.78, 5) is 19.9. The Morgan fingerprint density at radius 1 is 1.12 bits per heavy atom. The van der Waals surface area contributed by atoms with Crippen molar-refractivity contribution >= 4 is 11.6 Å². The fraction of sp³-hybridized carbons (Fsp3) is 0.346. The standard InChI is InChI=1S/C26H32N6O/c1-20-9-7-16-32-23(19-27-21(2)12-18-31-15-8-14-28-31)24(29-25(20)32)26(33)30(3)17-13-22-10-5-4-6-11-22/h4-11,14-16,21,27H,12-13,17-19H2,1-3H3. The number of fused-ring (bicyclic) bond motifs is 1. The van der Waals surface area contributed by atoms with Crippen LogP contribution in [0.2, 0.25) is 0 Å². The molecule has 3 heterocycles. The van der Waals surface area contributed by atoms with E-state index in [4.69, 9.17) is 4.98 Å². The predicted molar refractivity (Wildman–Crippen MR) is 130 cm³/mol. The summed E-state index contributed by atoms with van der Waals surface area (Å²) in [7, 11) is 1.85. The Bertz CT molecular complexity index is 1180. The second-order valence-electron chi connectivity index (χ2n) is 8.59. The van der Waals surface area contributed by atoms with Gasteiger partial charge < -0.3 is 14.6 Å². The Labute approximate surface area is 195 Å². The summed E-state index contributed by atoms with van der Waals surface area (Å²) in [5.41, 5.74) is 4.52. The molecule has 1 N–H and O–H groups in total. The molecule has 4 rings (SSSR count). The van der Waals surface area contributed by atoms with Crippen LogP contribution in [0, 0.1) is 6.92 Å². The molecule has 3 aromatic heterocycles. The number of nitrogens with one attached hydrogen (secondary N) is 1. The number of likely N-dealkylation sites (N-methyl/N-ethyl adjacent to an activating group) is 1. The van der Waals surface area contributed by atoms with E-state index < -0.39 is 0 Å². The SMILES string of the molecule is Cc1cccn2c(CNC(C)CCn3cccn3)c(C(=O)N(C)CCc3ccccc3)nc12. The van der Waals surface area contributed by atoms with Gasteiger partial charge in [-0.2, -0.15) is 5.10 Å². The molecule has 4 aromatic rings. The van der Waals surface area contributed by atoms with Crippen LogP contribution in [0.3, 0.4) is 0 Å². The molecule has 0 saturated carbocycles. The van der Waals surface area contributed by atoms with E-state index in [0.717, 1.165) is 36.3 Å². The van der Waals surface area contributed by atoms with E-state index in [0.29, 0.717) is 18.8 Å². The summed E-state index contributed by atoms with van der Waals surface area (Å²) >= 11 is 0. The third-order valence-corrected chi connectivity index (χ3v) is 6.04. The fourth-order valence-electron chi connectivity index (χ4n) is 3.95. The maximum Gasteiger partial charge on any atom is 0.274 e. The zero-order valence-corrected chi connectivity index (χ0v) is 19.6. The zero-order valence-electron chi connectivity index (χ0n) is 19.6. The summed E-state index contributed by atoms with van der Waals surface area (Å²) in [5.74, 6) is -0.0463. The average molecular weight is 445 g/mol. The number of aromatic nitrogens is 4. The summed E-state index contributed by atoms with van der Waals surface area (Å²) in [6.07, 6.45) is 7.51. The zero-order chi connectivity index (χ0) is 23.2. The summed E-state index contributed by atoms with van der Waals surface area (Å²) in [6, 6.07) is 16.5. The van der Waals surface area contributed by atoms with Crippen molar-refractivity contribution in [1.82, 2.24) is 29.4 Å². The first-order valence-electron chi connectivity index (χ1n) is 11.5. The topological polar surface area (TPSA) is 67.5 Å². The third kappa shape index (κ3) is 5.49. The third-order valence-electron chi connectivity index (χ3n) is 6.04. The lowest BCUT2D eigenvalue weighted by molar-refractivity contribution is 0.0790. The van der Waals surface area contributed by atoms with E-state index in [2.05, 4.69) is 29.5 Å². The van der Waals surface area contributed by atoms with E-state index in [-0.39, 0.29) is 11.9 Å². The highest BCUT2D eigenvalue weighted by Crippen LogP contribution is 2.18. The number of aryl methyl sites for hydroxylation is 2. The lowest BCUT2D eigenvalue weighted by Gasteiger charge is -2.18. The molecule has 0 aliphatic heterocycles. The highest BCUT2D eigenvalue weighted by Gasteiger charge is 2.23. The molecule has 0 fully saturated rings. The van der Waals surface area contributed by atoms with Crippen molar-refractivity contribution in [3.05, 3.63) is 89.6 Å². The quantitative estimate of drug-likeness (QED) is 0.405. The highest BCUT2D eigenvalue weighted by molar-refractivity contribution is 5.94. The van der Waals surface area contributed by atoms with Crippen LogP contribution in [0.25, 0.3) is 5.65 Å². The van der Waals surface area contributed by atoms with Crippen LogP contribution in [-0.4, -0.2) is 49.6 Å². The first-order valence-corrected chi connectivity index (χ1v) is 11.5. The fourth-order valence-corrected chi connectivity index (χ4v) is 3.95. The molecular formula is C26H32N6O. The minimum atomic E-state index is -0.0463. The molecule has 0 spiro atoms. The predicted octanol–water partition coefficient (Wildman–Crippen LogP) is 3.72. The minimum Gasteiger partial charge on any atom is -0.340 e. The first-order chi connectivity index (χ1) is 16.0. The molecular weight excluding hydrogens is 412 g/mol. The number of imidazole rings is 1. The molecule has 7 nitrogen and oxygen atoms in total. The van der Waals surface area contributed by atoms with E-state index in [1.807, 2.05) is 71.8 Å². The van der Waals surface area contributed by atoms with Crippen molar-refractivity contribution < 1.29 is 4.79 Å². The van der Waals surface area contributed by atoms with Crippen molar-refractivity contribution in [1.29, 1.82) is 0 Å². The molecule has 7 heteroatoms. The number of carbonyl (C=O) groups is 1. The largest absolute Gasteiger partial charge is 0.340 e. The van der Waals surface area contributed by atoms with Crippen LogP contribution in [0.1, 0.15) is 40.7 Å². The van der Waals surface area contributed by atoms with Crippen LogP contribution in [-0.2, 0) is 19.5 Å². The highest BCUT2D eigenvalue weighted by atomic mass is 16.2. The van der Waals surface area contributed by atoms with Crippen molar-refractivity contribution in [3.8, 4) is 0 Å². The number of nitrogens with zero attached hydrogens (tertiary/aromatic N) is 5. The van der Waals surface area contributed by atoms with Gasteiger partial charge in [0.15, 0.2) is 5.69 Å². The molecule has 0 radical (unpaired) electrons. The van der Waals surface area contributed by atoms with Gasteiger partial charge in [0.05, 0.1) is 5.69 Å². The minimum absolute atomic E-state index is 0.0463. The molecule has 1 atom stereocenters. The molecule has 1 aromatic carbocycles. The van der Waals surface area contributed by atoms with Crippen LogP contribution < -0.4 is 5.32 Å². The van der Waals surface area contributed by atoms with Crippen LogP contribution in [0.5, 0.6) is 0 Å². The van der Waals surface area contributed by atoms with Gasteiger partial charge in [0.25, 0.3) is 5.91 Å². The number of rotatable bonds is 10. The van der Waals surface area contributed by atoms with E-state index in [1.54, 1.807) is 11.1 Å². The Morgan fingerprint density at radius 2 is 1.94 bits per heavy atom. The molecule has 0 aliphatic carbocycles. The summed E-state index contributed by atoms with van der Waals surface area (Å²) in [6.45, 7) is 6.24. The van der Waals surface area contributed by atoms with Gasteiger partial charge in [-0.25, -0.2) is 4.98 Å². The van der Waals surface area contributed by atoms with E-state index in [9.17, 15) is 4.79 Å². The number of carbonyl (C=O) groups excluding carboxylic acids is 1. The monoisotopic (exact) mass is 444 g/mol. The van der Waals surface area contributed by atoms with Gasteiger partial charge in [-0.15, -0.1) is 0 Å². The number of pyridine rings is 1. The van der Waals surface area contributed by atoms with Gasteiger partial charge in [0.1, 0.15) is 5.65 Å². The maximum atomic E-state index is 13.4. The van der Waals surface area contributed by atoms with Crippen molar-refractivity contribution in [2.75, 3.05) is 13.6 Å². The van der Waals surface area contributed by atoms with Gasteiger partial charge in [-0.3, -0.25) is 9.48 Å². The maximum absolute atomic E-state index is 13.4.